The molecule has 2 aromatic heterocycles. The van der Waals surface area contributed by atoms with Crippen LogP contribution in [0.5, 0.6) is 0 Å². The van der Waals surface area contributed by atoms with Gasteiger partial charge in [0.1, 0.15) is 5.82 Å². The number of rotatable bonds is 3. The number of hydrogen-bond acceptors (Lipinski definition) is 5. The Bertz CT molecular complexity index is 414. The molecule has 1 N–H and O–H groups in total. The molecule has 0 aliphatic rings. The van der Waals surface area contributed by atoms with Crippen molar-refractivity contribution in [2.24, 2.45) is 0 Å². The van der Waals surface area contributed by atoms with Crippen LogP contribution in [0, 0.1) is 0 Å². The molecule has 0 bridgehead atoms. The minimum atomic E-state index is 0.123. The van der Waals surface area contributed by atoms with Crippen molar-refractivity contribution in [1.29, 1.82) is 0 Å². The van der Waals surface area contributed by atoms with Crippen LogP contribution in [0.2, 0.25) is 0 Å². The fraction of sp³-hybridized carbons (Fsp3) is 0.222. The van der Waals surface area contributed by atoms with Gasteiger partial charge in [-0.25, -0.2) is 4.98 Å². The smallest absolute Gasteiger partial charge is 0.126 e. The van der Waals surface area contributed by atoms with E-state index in [4.69, 9.17) is 0 Å². The summed E-state index contributed by atoms with van der Waals surface area (Å²) in [5.41, 5.74) is 0.935. The molecule has 2 rings (SSSR count). The number of nitrogens with zero attached hydrogens (tertiary/aromatic N) is 3. The normalized spacial score (nSPS) is 12.4. The van der Waals surface area contributed by atoms with Crippen molar-refractivity contribution in [1.82, 2.24) is 14.6 Å². The molecule has 0 aliphatic carbocycles. The SMILES string of the molecule is CC(Nc1ccc(Br)cn1)c1csnn1. The molecule has 1 unspecified atom stereocenters. The van der Waals surface area contributed by atoms with Gasteiger partial charge >= 0.3 is 0 Å². The Morgan fingerprint density at radius 2 is 2.33 bits per heavy atom. The number of pyridine rings is 1. The van der Waals surface area contributed by atoms with Crippen LogP contribution in [-0.4, -0.2) is 14.6 Å². The van der Waals surface area contributed by atoms with Crippen LogP contribution in [0.15, 0.2) is 28.2 Å². The van der Waals surface area contributed by atoms with E-state index in [0.717, 1.165) is 16.0 Å². The molecule has 0 fully saturated rings. The minimum Gasteiger partial charge on any atom is -0.362 e. The molecule has 0 aliphatic heterocycles. The molecule has 0 saturated carbocycles. The monoisotopic (exact) mass is 284 g/mol. The second kappa shape index (κ2) is 4.67. The summed E-state index contributed by atoms with van der Waals surface area (Å²) in [7, 11) is 0. The van der Waals surface area contributed by atoms with Gasteiger partial charge in [0.25, 0.3) is 0 Å². The maximum Gasteiger partial charge on any atom is 0.126 e. The predicted octanol–water partition coefficient (Wildman–Crippen LogP) is 2.87. The third-order valence-electron chi connectivity index (χ3n) is 1.91. The molecule has 1 atom stereocenters. The van der Waals surface area contributed by atoms with E-state index < -0.39 is 0 Å². The first kappa shape index (κ1) is 10.5. The Morgan fingerprint density at radius 3 is 2.93 bits per heavy atom. The largest absolute Gasteiger partial charge is 0.362 e. The van der Waals surface area contributed by atoms with Crippen molar-refractivity contribution in [2.45, 2.75) is 13.0 Å². The average Bonchev–Trinajstić information content (AvgIpc) is 2.74. The number of aromatic nitrogens is 3. The zero-order valence-corrected chi connectivity index (χ0v) is 10.4. The van der Waals surface area contributed by atoms with Gasteiger partial charge in [-0.3, -0.25) is 0 Å². The maximum absolute atomic E-state index is 4.23. The van der Waals surface area contributed by atoms with Crippen LogP contribution in [0.1, 0.15) is 18.7 Å². The lowest BCUT2D eigenvalue weighted by atomic mass is 10.2. The summed E-state index contributed by atoms with van der Waals surface area (Å²) in [5, 5.41) is 9.17. The molecular weight excluding hydrogens is 276 g/mol. The molecule has 0 saturated heterocycles. The van der Waals surface area contributed by atoms with Gasteiger partial charge in [-0.1, -0.05) is 4.49 Å². The van der Waals surface area contributed by atoms with Gasteiger partial charge in [-0.05, 0) is 46.5 Å². The van der Waals surface area contributed by atoms with Crippen molar-refractivity contribution in [3.63, 3.8) is 0 Å². The zero-order chi connectivity index (χ0) is 10.7. The molecule has 2 heterocycles. The summed E-state index contributed by atoms with van der Waals surface area (Å²) in [4.78, 5) is 4.23. The molecule has 0 amide bonds. The maximum atomic E-state index is 4.23. The van der Waals surface area contributed by atoms with E-state index in [1.165, 1.54) is 11.5 Å². The molecule has 2 aromatic rings. The van der Waals surface area contributed by atoms with Crippen molar-refractivity contribution in [3.05, 3.63) is 33.9 Å². The molecule has 0 aromatic carbocycles. The number of hydrogen-bond donors (Lipinski definition) is 1. The van der Waals surface area contributed by atoms with E-state index in [2.05, 4.69) is 35.8 Å². The van der Waals surface area contributed by atoms with E-state index in [1.807, 2.05) is 24.4 Å². The van der Waals surface area contributed by atoms with Gasteiger partial charge in [0.05, 0.1) is 11.7 Å². The van der Waals surface area contributed by atoms with Gasteiger partial charge in [0.15, 0.2) is 0 Å². The lowest BCUT2D eigenvalue weighted by Crippen LogP contribution is -2.08. The van der Waals surface area contributed by atoms with Crippen molar-refractivity contribution in [3.8, 4) is 0 Å². The fourth-order valence-corrected chi connectivity index (χ4v) is 1.90. The molecule has 0 spiro atoms. The first-order valence-electron chi connectivity index (χ1n) is 4.41. The third-order valence-corrected chi connectivity index (χ3v) is 2.90. The average molecular weight is 285 g/mol. The molecule has 78 valence electrons. The summed E-state index contributed by atoms with van der Waals surface area (Å²) in [5.74, 6) is 0.832. The Morgan fingerprint density at radius 1 is 1.47 bits per heavy atom. The Hall–Kier alpha value is -1.01. The lowest BCUT2D eigenvalue weighted by Gasteiger charge is -2.11. The standard InChI is InChI=1S/C9H9BrN4S/c1-6(8-5-15-14-13-8)12-9-3-2-7(10)4-11-9/h2-6H,1H3,(H,11,12). The number of nitrogens with one attached hydrogen (secondary N) is 1. The quantitative estimate of drug-likeness (QED) is 0.942. The minimum absolute atomic E-state index is 0.123. The first-order valence-corrected chi connectivity index (χ1v) is 6.03. The van der Waals surface area contributed by atoms with Crippen LogP contribution < -0.4 is 5.32 Å². The first-order chi connectivity index (χ1) is 7.25. The Kier molecular flexibility index (Phi) is 3.27. The van der Waals surface area contributed by atoms with Crippen molar-refractivity contribution >= 4 is 33.3 Å². The predicted molar refractivity (Wildman–Crippen MR) is 63.9 cm³/mol. The van der Waals surface area contributed by atoms with Gasteiger partial charge < -0.3 is 5.32 Å². The van der Waals surface area contributed by atoms with Crippen molar-refractivity contribution in [2.75, 3.05) is 5.32 Å². The number of halogens is 1. The molecule has 0 radical (unpaired) electrons. The van der Waals surface area contributed by atoms with E-state index in [1.54, 1.807) is 6.20 Å². The van der Waals surface area contributed by atoms with E-state index in [0.29, 0.717) is 0 Å². The summed E-state index contributed by atoms with van der Waals surface area (Å²) < 4.78 is 4.79. The lowest BCUT2D eigenvalue weighted by molar-refractivity contribution is 0.821. The Labute approximate surface area is 100 Å². The van der Waals surface area contributed by atoms with Crippen molar-refractivity contribution < 1.29 is 0 Å². The molecule has 6 heteroatoms. The zero-order valence-electron chi connectivity index (χ0n) is 8.01. The summed E-state index contributed by atoms with van der Waals surface area (Å²) in [6.45, 7) is 2.03. The fourth-order valence-electron chi connectivity index (χ4n) is 1.12. The summed E-state index contributed by atoms with van der Waals surface area (Å²) in [6.07, 6.45) is 1.76. The highest BCUT2D eigenvalue weighted by Crippen LogP contribution is 2.17. The third kappa shape index (κ3) is 2.73. The summed E-state index contributed by atoms with van der Waals surface area (Å²) >= 11 is 4.69. The second-order valence-corrected chi connectivity index (χ2v) is 4.58. The van der Waals surface area contributed by atoms with Crippen LogP contribution in [-0.2, 0) is 0 Å². The van der Waals surface area contributed by atoms with Gasteiger partial charge in [-0.15, -0.1) is 5.10 Å². The number of anilines is 1. The van der Waals surface area contributed by atoms with Gasteiger partial charge in [-0.2, -0.15) is 0 Å². The second-order valence-electron chi connectivity index (χ2n) is 3.06. The van der Waals surface area contributed by atoms with Gasteiger partial charge in [0.2, 0.25) is 0 Å². The van der Waals surface area contributed by atoms with Gasteiger partial charge in [0, 0.05) is 16.0 Å². The van der Waals surface area contributed by atoms with E-state index >= 15 is 0 Å². The van der Waals surface area contributed by atoms with Crippen LogP contribution in [0.4, 0.5) is 5.82 Å². The molecule has 4 nitrogen and oxygen atoms in total. The Balaban J connectivity index is 2.06. The van der Waals surface area contributed by atoms with Crippen LogP contribution >= 0.6 is 27.5 Å². The molecular formula is C9H9BrN4S. The van der Waals surface area contributed by atoms with Crippen LogP contribution in [0.3, 0.4) is 0 Å². The van der Waals surface area contributed by atoms with Crippen LogP contribution in [0.25, 0.3) is 0 Å². The summed E-state index contributed by atoms with van der Waals surface area (Å²) in [6, 6.07) is 3.99. The molecule has 15 heavy (non-hydrogen) atoms. The highest BCUT2D eigenvalue weighted by atomic mass is 79.9. The highest BCUT2D eigenvalue weighted by Gasteiger charge is 2.08. The highest BCUT2D eigenvalue weighted by molar-refractivity contribution is 9.10. The van der Waals surface area contributed by atoms with E-state index in [9.17, 15) is 0 Å². The van der Waals surface area contributed by atoms with E-state index in [-0.39, 0.29) is 6.04 Å². The topological polar surface area (TPSA) is 50.7 Å².